The van der Waals surface area contributed by atoms with E-state index in [9.17, 15) is 8.42 Å². The van der Waals surface area contributed by atoms with Crippen LogP contribution in [-0.2, 0) is 16.4 Å². The Morgan fingerprint density at radius 1 is 1.30 bits per heavy atom. The minimum absolute atomic E-state index is 0.0744. The van der Waals surface area contributed by atoms with Crippen molar-refractivity contribution in [3.63, 3.8) is 0 Å². The van der Waals surface area contributed by atoms with Crippen molar-refractivity contribution in [2.24, 2.45) is 11.7 Å². The number of piperidine rings is 1. The molecule has 0 aromatic heterocycles. The molecule has 0 amide bonds. The molecule has 0 aliphatic carbocycles. The standard InChI is InChI=1S/C15H24N2O2S/c1-3-13-4-6-15(7-5-13)20(18,19)17-9-8-12(2)10-14(17)11-16/h4-7,12,14H,3,8-11,16H2,1-2H3. The van der Waals surface area contributed by atoms with Crippen molar-refractivity contribution in [2.45, 2.75) is 44.0 Å². The monoisotopic (exact) mass is 296 g/mol. The number of hydrogen-bond acceptors (Lipinski definition) is 3. The molecule has 1 saturated heterocycles. The molecule has 1 heterocycles. The van der Waals surface area contributed by atoms with Crippen LogP contribution in [0.15, 0.2) is 29.2 Å². The second-order valence-corrected chi connectivity index (χ2v) is 7.52. The highest BCUT2D eigenvalue weighted by Gasteiger charge is 2.34. The maximum Gasteiger partial charge on any atom is 0.243 e. The van der Waals surface area contributed by atoms with Crippen LogP contribution < -0.4 is 5.73 Å². The molecular weight excluding hydrogens is 272 g/mol. The third-order valence-electron chi connectivity index (χ3n) is 4.13. The van der Waals surface area contributed by atoms with Crippen LogP contribution in [0.2, 0.25) is 0 Å². The van der Waals surface area contributed by atoms with Gasteiger partial charge in [0.15, 0.2) is 0 Å². The number of nitrogens with zero attached hydrogens (tertiary/aromatic N) is 1. The SMILES string of the molecule is CCc1ccc(S(=O)(=O)N2CCC(C)CC2CN)cc1. The molecule has 1 fully saturated rings. The van der Waals surface area contributed by atoms with Crippen LogP contribution in [0.3, 0.4) is 0 Å². The molecule has 4 nitrogen and oxygen atoms in total. The quantitative estimate of drug-likeness (QED) is 0.924. The second kappa shape index (κ2) is 6.24. The minimum Gasteiger partial charge on any atom is -0.329 e. The molecule has 0 saturated carbocycles. The van der Waals surface area contributed by atoms with Crippen molar-refractivity contribution >= 4 is 10.0 Å². The van der Waals surface area contributed by atoms with Gasteiger partial charge in [0.1, 0.15) is 0 Å². The van der Waals surface area contributed by atoms with E-state index in [-0.39, 0.29) is 6.04 Å². The summed E-state index contributed by atoms with van der Waals surface area (Å²) in [5.74, 6) is 0.539. The maximum absolute atomic E-state index is 12.7. The summed E-state index contributed by atoms with van der Waals surface area (Å²) in [4.78, 5) is 0.378. The van der Waals surface area contributed by atoms with Crippen molar-refractivity contribution in [2.75, 3.05) is 13.1 Å². The van der Waals surface area contributed by atoms with E-state index in [1.807, 2.05) is 12.1 Å². The van der Waals surface area contributed by atoms with Crippen LogP contribution in [0.5, 0.6) is 0 Å². The zero-order chi connectivity index (χ0) is 14.8. The Morgan fingerprint density at radius 2 is 1.95 bits per heavy atom. The van der Waals surface area contributed by atoms with Crippen LogP contribution in [0.25, 0.3) is 0 Å². The van der Waals surface area contributed by atoms with Gasteiger partial charge in [-0.25, -0.2) is 8.42 Å². The van der Waals surface area contributed by atoms with E-state index in [4.69, 9.17) is 5.73 Å². The van der Waals surface area contributed by atoms with Crippen LogP contribution >= 0.6 is 0 Å². The fourth-order valence-electron chi connectivity index (χ4n) is 2.79. The summed E-state index contributed by atoms with van der Waals surface area (Å²) in [5.41, 5.74) is 6.92. The van der Waals surface area contributed by atoms with E-state index in [1.165, 1.54) is 0 Å². The van der Waals surface area contributed by atoms with Crippen LogP contribution in [0.4, 0.5) is 0 Å². The van der Waals surface area contributed by atoms with Crippen molar-refractivity contribution in [1.82, 2.24) is 4.31 Å². The molecule has 20 heavy (non-hydrogen) atoms. The molecule has 2 atom stereocenters. The first-order chi connectivity index (χ1) is 9.48. The first kappa shape index (κ1) is 15.5. The summed E-state index contributed by atoms with van der Waals surface area (Å²) in [6.45, 7) is 5.17. The highest BCUT2D eigenvalue weighted by molar-refractivity contribution is 7.89. The number of sulfonamides is 1. The van der Waals surface area contributed by atoms with Gasteiger partial charge in [0.2, 0.25) is 10.0 Å². The summed E-state index contributed by atoms with van der Waals surface area (Å²) in [7, 11) is -3.42. The van der Waals surface area contributed by atoms with Gasteiger partial charge in [-0.3, -0.25) is 0 Å². The summed E-state index contributed by atoms with van der Waals surface area (Å²) in [6.07, 6.45) is 2.67. The highest BCUT2D eigenvalue weighted by atomic mass is 32.2. The second-order valence-electron chi connectivity index (χ2n) is 5.63. The minimum atomic E-state index is -3.42. The van der Waals surface area contributed by atoms with Gasteiger partial charge < -0.3 is 5.73 Å². The molecule has 5 heteroatoms. The van der Waals surface area contributed by atoms with E-state index in [1.54, 1.807) is 16.4 Å². The van der Waals surface area contributed by atoms with Crippen LogP contribution in [0, 0.1) is 5.92 Å². The van der Waals surface area contributed by atoms with Crippen molar-refractivity contribution in [3.05, 3.63) is 29.8 Å². The predicted molar refractivity (Wildman–Crippen MR) is 81.0 cm³/mol. The molecule has 0 bridgehead atoms. The van der Waals surface area contributed by atoms with E-state index in [0.717, 1.165) is 24.8 Å². The molecule has 112 valence electrons. The zero-order valence-electron chi connectivity index (χ0n) is 12.2. The Bertz CT molecular complexity index is 539. The molecule has 1 aromatic carbocycles. The summed E-state index contributed by atoms with van der Waals surface area (Å²) in [6, 6.07) is 7.11. The van der Waals surface area contributed by atoms with Gasteiger partial charge in [-0.05, 0) is 42.9 Å². The number of nitrogens with two attached hydrogens (primary N) is 1. The Hall–Kier alpha value is -0.910. The van der Waals surface area contributed by atoms with E-state index in [0.29, 0.717) is 23.9 Å². The topological polar surface area (TPSA) is 63.4 Å². The molecule has 1 aromatic rings. The molecule has 2 rings (SSSR count). The van der Waals surface area contributed by atoms with E-state index in [2.05, 4.69) is 13.8 Å². The fraction of sp³-hybridized carbons (Fsp3) is 0.600. The Labute approximate surface area is 122 Å². The largest absolute Gasteiger partial charge is 0.329 e. The highest BCUT2D eigenvalue weighted by Crippen LogP contribution is 2.28. The average molecular weight is 296 g/mol. The maximum atomic E-state index is 12.7. The van der Waals surface area contributed by atoms with Gasteiger partial charge in [-0.1, -0.05) is 26.0 Å². The number of rotatable bonds is 4. The first-order valence-corrected chi connectivity index (χ1v) is 8.74. The van der Waals surface area contributed by atoms with E-state index < -0.39 is 10.0 Å². The summed E-state index contributed by atoms with van der Waals surface area (Å²) >= 11 is 0. The third-order valence-corrected chi connectivity index (χ3v) is 6.10. The average Bonchev–Trinajstić information content (AvgIpc) is 2.46. The van der Waals surface area contributed by atoms with Crippen molar-refractivity contribution < 1.29 is 8.42 Å². The Kier molecular flexibility index (Phi) is 4.83. The van der Waals surface area contributed by atoms with Crippen LogP contribution in [-0.4, -0.2) is 31.9 Å². The first-order valence-electron chi connectivity index (χ1n) is 7.30. The lowest BCUT2D eigenvalue weighted by molar-refractivity contribution is 0.211. The molecular formula is C15H24N2O2S. The van der Waals surface area contributed by atoms with Crippen LogP contribution in [0.1, 0.15) is 32.3 Å². The van der Waals surface area contributed by atoms with Gasteiger partial charge in [-0.15, -0.1) is 0 Å². The van der Waals surface area contributed by atoms with Gasteiger partial charge in [0.25, 0.3) is 0 Å². The predicted octanol–water partition coefficient (Wildman–Crippen LogP) is 2.00. The molecule has 2 unspecified atom stereocenters. The smallest absolute Gasteiger partial charge is 0.243 e. The molecule has 0 spiro atoms. The normalized spacial score (nSPS) is 24.8. The molecule has 1 aliphatic heterocycles. The molecule has 1 aliphatic rings. The van der Waals surface area contributed by atoms with E-state index >= 15 is 0 Å². The molecule has 0 radical (unpaired) electrons. The lowest BCUT2D eigenvalue weighted by atomic mass is 9.94. The lowest BCUT2D eigenvalue weighted by Gasteiger charge is -2.36. The Balaban J connectivity index is 2.28. The number of aryl methyl sites for hydroxylation is 1. The van der Waals surface area contributed by atoms with Gasteiger partial charge in [0, 0.05) is 19.1 Å². The number of benzene rings is 1. The summed E-state index contributed by atoms with van der Waals surface area (Å²) < 4.78 is 27.1. The van der Waals surface area contributed by atoms with Crippen molar-refractivity contribution in [1.29, 1.82) is 0 Å². The van der Waals surface area contributed by atoms with Crippen molar-refractivity contribution in [3.8, 4) is 0 Å². The summed E-state index contributed by atoms with van der Waals surface area (Å²) in [5, 5.41) is 0. The lowest BCUT2D eigenvalue weighted by Crippen LogP contribution is -2.49. The Morgan fingerprint density at radius 3 is 2.50 bits per heavy atom. The number of hydrogen-bond donors (Lipinski definition) is 1. The third kappa shape index (κ3) is 3.05. The van der Waals surface area contributed by atoms with Gasteiger partial charge >= 0.3 is 0 Å². The molecule has 2 N–H and O–H groups in total. The van der Waals surface area contributed by atoms with Gasteiger partial charge in [0.05, 0.1) is 4.90 Å². The van der Waals surface area contributed by atoms with Gasteiger partial charge in [-0.2, -0.15) is 4.31 Å². The zero-order valence-corrected chi connectivity index (χ0v) is 13.1. The fourth-order valence-corrected chi connectivity index (χ4v) is 4.45.